The van der Waals surface area contributed by atoms with Crippen LogP contribution in [-0.2, 0) is 6.42 Å². The molecule has 0 saturated carbocycles. The summed E-state index contributed by atoms with van der Waals surface area (Å²) in [7, 11) is 0. The lowest BCUT2D eigenvalue weighted by Crippen LogP contribution is -2.16. The van der Waals surface area contributed by atoms with Crippen LogP contribution in [0.5, 0.6) is 11.5 Å². The molecule has 3 nitrogen and oxygen atoms in total. The lowest BCUT2D eigenvalue weighted by molar-refractivity contribution is 0.166. The van der Waals surface area contributed by atoms with E-state index in [1.54, 1.807) is 6.92 Å². The van der Waals surface area contributed by atoms with E-state index in [1.807, 2.05) is 18.2 Å². The lowest BCUT2D eigenvalue weighted by atomic mass is 10.1. The van der Waals surface area contributed by atoms with Crippen molar-refractivity contribution in [2.45, 2.75) is 25.9 Å². The fourth-order valence-corrected chi connectivity index (χ4v) is 1.70. The molecule has 0 aliphatic carbocycles. The Bertz CT molecular complexity index is 334. The van der Waals surface area contributed by atoms with Crippen molar-refractivity contribution in [3.63, 3.8) is 0 Å². The van der Waals surface area contributed by atoms with Crippen LogP contribution in [0, 0.1) is 0 Å². The largest absolute Gasteiger partial charge is 0.486 e. The van der Waals surface area contributed by atoms with Gasteiger partial charge in [-0.15, -0.1) is 0 Å². The highest BCUT2D eigenvalue weighted by Crippen LogP contribution is 2.34. The predicted molar refractivity (Wildman–Crippen MR) is 57.4 cm³/mol. The number of para-hydroxylation sites is 1. The lowest BCUT2D eigenvalue weighted by Gasteiger charge is -2.21. The molecule has 0 radical (unpaired) electrons. The van der Waals surface area contributed by atoms with E-state index in [2.05, 4.69) is 0 Å². The molecule has 0 aromatic heterocycles. The number of aliphatic hydroxyl groups excluding tert-OH is 1. The number of fused-ring (bicyclic) bond motifs is 1. The second kappa shape index (κ2) is 4.53. The van der Waals surface area contributed by atoms with Crippen LogP contribution < -0.4 is 9.47 Å². The average Bonchev–Trinajstić information content (AvgIpc) is 2.26. The van der Waals surface area contributed by atoms with Gasteiger partial charge in [-0.2, -0.15) is 0 Å². The minimum Gasteiger partial charge on any atom is -0.486 e. The van der Waals surface area contributed by atoms with Gasteiger partial charge in [0.1, 0.15) is 13.2 Å². The summed E-state index contributed by atoms with van der Waals surface area (Å²) < 4.78 is 11.1. The van der Waals surface area contributed by atoms with Crippen molar-refractivity contribution in [3.05, 3.63) is 23.8 Å². The molecule has 1 aromatic carbocycles. The van der Waals surface area contributed by atoms with E-state index in [-0.39, 0.29) is 6.10 Å². The molecular formula is C12H16O3. The van der Waals surface area contributed by atoms with Crippen LogP contribution >= 0.6 is 0 Å². The molecule has 1 heterocycles. The molecule has 82 valence electrons. The Labute approximate surface area is 89.6 Å². The number of hydrogen-bond acceptors (Lipinski definition) is 3. The summed E-state index contributed by atoms with van der Waals surface area (Å²) >= 11 is 0. The summed E-state index contributed by atoms with van der Waals surface area (Å²) in [6, 6.07) is 5.90. The molecule has 0 fully saturated rings. The summed E-state index contributed by atoms with van der Waals surface area (Å²) in [6.45, 7) is 3.03. The summed E-state index contributed by atoms with van der Waals surface area (Å²) in [6.07, 6.45) is 1.30. The van der Waals surface area contributed by atoms with Gasteiger partial charge in [0.25, 0.3) is 0 Å². The van der Waals surface area contributed by atoms with E-state index >= 15 is 0 Å². The van der Waals surface area contributed by atoms with Gasteiger partial charge in [0, 0.05) is 0 Å². The van der Waals surface area contributed by atoms with Crippen LogP contribution in [0.3, 0.4) is 0 Å². The van der Waals surface area contributed by atoms with Gasteiger partial charge < -0.3 is 14.6 Å². The minimum atomic E-state index is -0.273. The van der Waals surface area contributed by atoms with Crippen molar-refractivity contribution in [1.82, 2.24) is 0 Å². The minimum absolute atomic E-state index is 0.273. The van der Waals surface area contributed by atoms with Crippen molar-refractivity contribution < 1.29 is 14.6 Å². The van der Waals surface area contributed by atoms with Crippen molar-refractivity contribution >= 4 is 0 Å². The third kappa shape index (κ3) is 2.42. The molecule has 1 N–H and O–H groups in total. The summed E-state index contributed by atoms with van der Waals surface area (Å²) in [4.78, 5) is 0. The van der Waals surface area contributed by atoms with Gasteiger partial charge in [0.05, 0.1) is 6.10 Å². The second-order valence-corrected chi connectivity index (χ2v) is 3.83. The second-order valence-electron chi connectivity index (χ2n) is 3.83. The first-order valence-corrected chi connectivity index (χ1v) is 5.33. The zero-order chi connectivity index (χ0) is 10.7. The van der Waals surface area contributed by atoms with E-state index in [1.165, 1.54) is 0 Å². The van der Waals surface area contributed by atoms with E-state index in [0.29, 0.717) is 13.2 Å². The van der Waals surface area contributed by atoms with Gasteiger partial charge in [-0.1, -0.05) is 12.1 Å². The van der Waals surface area contributed by atoms with Gasteiger partial charge in [0.15, 0.2) is 11.5 Å². The molecule has 1 aliphatic heterocycles. The van der Waals surface area contributed by atoms with Crippen molar-refractivity contribution in [1.29, 1.82) is 0 Å². The Balaban J connectivity index is 2.16. The number of aryl methyl sites for hydroxylation is 1. The summed E-state index contributed by atoms with van der Waals surface area (Å²) in [5, 5.41) is 9.25. The third-order valence-corrected chi connectivity index (χ3v) is 2.48. The number of aliphatic hydroxyl groups is 1. The van der Waals surface area contributed by atoms with Gasteiger partial charge in [-0.25, -0.2) is 0 Å². The zero-order valence-electron chi connectivity index (χ0n) is 8.90. The molecule has 1 aromatic rings. The molecule has 2 rings (SSSR count). The Hall–Kier alpha value is -1.22. The van der Waals surface area contributed by atoms with Crippen LogP contribution in [-0.4, -0.2) is 24.4 Å². The summed E-state index contributed by atoms with van der Waals surface area (Å²) in [5.41, 5.74) is 1.12. The number of hydrogen-bond donors (Lipinski definition) is 1. The first kappa shape index (κ1) is 10.3. The predicted octanol–water partition coefficient (Wildman–Crippen LogP) is 1.77. The van der Waals surface area contributed by atoms with E-state index < -0.39 is 0 Å². The van der Waals surface area contributed by atoms with Gasteiger partial charge >= 0.3 is 0 Å². The molecule has 15 heavy (non-hydrogen) atoms. The molecule has 0 bridgehead atoms. The molecule has 3 heteroatoms. The smallest absolute Gasteiger partial charge is 0.164 e. The van der Waals surface area contributed by atoms with Crippen molar-refractivity contribution in [3.8, 4) is 11.5 Å². The maximum Gasteiger partial charge on any atom is 0.164 e. The quantitative estimate of drug-likeness (QED) is 0.822. The monoisotopic (exact) mass is 208 g/mol. The van der Waals surface area contributed by atoms with E-state index in [4.69, 9.17) is 9.47 Å². The Morgan fingerprint density at radius 1 is 1.33 bits per heavy atom. The molecular weight excluding hydrogens is 192 g/mol. The molecule has 0 spiro atoms. The Kier molecular flexibility index (Phi) is 3.11. The summed E-state index contributed by atoms with van der Waals surface area (Å²) in [5.74, 6) is 1.67. The van der Waals surface area contributed by atoms with Gasteiger partial charge in [0.2, 0.25) is 0 Å². The maximum atomic E-state index is 9.25. The van der Waals surface area contributed by atoms with Crippen molar-refractivity contribution in [2.24, 2.45) is 0 Å². The molecule has 1 aliphatic rings. The van der Waals surface area contributed by atoms with Crippen LogP contribution in [0.4, 0.5) is 0 Å². The van der Waals surface area contributed by atoms with Crippen LogP contribution in [0.25, 0.3) is 0 Å². The highest BCUT2D eigenvalue weighted by atomic mass is 16.6. The van der Waals surface area contributed by atoms with Gasteiger partial charge in [-0.3, -0.25) is 0 Å². The first-order valence-electron chi connectivity index (χ1n) is 5.33. The SMILES string of the molecule is CC(O)CCc1cccc2c1OCCO2. The Morgan fingerprint density at radius 2 is 2.13 bits per heavy atom. The normalized spacial score (nSPS) is 16.1. The molecule has 1 unspecified atom stereocenters. The fourth-order valence-electron chi connectivity index (χ4n) is 1.70. The molecule has 1 atom stereocenters. The average molecular weight is 208 g/mol. The van der Waals surface area contributed by atoms with Crippen LogP contribution in [0.15, 0.2) is 18.2 Å². The molecule has 0 amide bonds. The van der Waals surface area contributed by atoms with E-state index in [0.717, 1.165) is 29.9 Å². The van der Waals surface area contributed by atoms with Crippen LogP contribution in [0.1, 0.15) is 18.9 Å². The number of rotatable bonds is 3. The third-order valence-electron chi connectivity index (χ3n) is 2.48. The van der Waals surface area contributed by atoms with Gasteiger partial charge in [-0.05, 0) is 31.4 Å². The topological polar surface area (TPSA) is 38.7 Å². The number of ether oxygens (including phenoxy) is 2. The fraction of sp³-hybridized carbons (Fsp3) is 0.500. The zero-order valence-corrected chi connectivity index (χ0v) is 8.90. The Morgan fingerprint density at radius 3 is 2.93 bits per heavy atom. The standard InChI is InChI=1S/C12H16O3/c1-9(13)5-6-10-3-2-4-11-12(10)15-8-7-14-11/h2-4,9,13H,5-8H2,1H3. The molecule has 0 saturated heterocycles. The number of benzene rings is 1. The van der Waals surface area contributed by atoms with E-state index in [9.17, 15) is 5.11 Å². The van der Waals surface area contributed by atoms with Crippen molar-refractivity contribution in [2.75, 3.05) is 13.2 Å². The highest BCUT2D eigenvalue weighted by Gasteiger charge is 2.15. The van der Waals surface area contributed by atoms with Crippen LogP contribution in [0.2, 0.25) is 0 Å². The first-order chi connectivity index (χ1) is 7.27. The highest BCUT2D eigenvalue weighted by molar-refractivity contribution is 5.47. The maximum absolute atomic E-state index is 9.25.